The van der Waals surface area contributed by atoms with Gasteiger partial charge in [-0.05, 0) is 42.8 Å². The van der Waals surface area contributed by atoms with Crippen LogP contribution in [0.5, 0.6) is 0 Å². The van der Waals surface area contributed by atoms with E-state index in [1.807, 2.05) is 0 Å². The summed E-state index contributed by atoms with van der Waals surface area (Å²) in [6, 6.07) is 9.16. The number of benzene rings is 2. The van der Waals surface area contributed by atoms with Crippen LogP contribution in [0.4, 0.5) is 10.1 Å². The van der Waals surface area contributed by atoms with E-state index in [1.54, 1.807) is 18.2 Å². The van der Waals surface area contributed by atoms with Crippen molar-refractivity contribution in [1.29, 1.82) is 0 Å². The van der Waals surface area contributed by atoms with E-state index in [2.05, 4.69) is 5.32 Å². The number of anilines is 1. The summed E-state index contributed by atoms with van der Waals surface area (Å²) in [5, 5.41) is 2.92. The molecule has 162 valence electrons. The van der Waals surface area contributed by atoms with Gasteiger partial charge in [-0.2, -0.15) is 0 Å². The molecule has 0 atom stereocenters. The molecule has 7 nitrogen and oxygen atoms in total. The first-order valence-corrected chi connectivity index (χ1v) is 10.9. The van der Waals surface area contributed by atoms with Crippen molar-refractivity contribution < 1.29 is 27.1 Å². The number of nitrogens with one attached hydrogen (secondary N) is 1. The van der Waals surface area contributed by atoms with Gasteiger partial charge in [-0.3, -0.25) is 9.59 Å². The molecule has 2 aromatic carbocycles. The number of carbonyl (C=O) groups excluding carboxylic acids is 2. The number of rotatable bonds is 9. The van der Waals surface area contributed by atoms with Crippen LogP contribution in [0.3, 0.4) is 0 Å². The topological polar surface area (TPSA) is 92.8 Å². The molecule has 0 bridgehead atoms. The number of carbonyl (C=O) groups is 2. The number of hydrogen-bond donors (Lipinski definition) is 1. The predicted molar refractivity (Wildman–Crippen MR) is 112 cm³/mol. The van der Waals surface area contributed by atoms with Gasteiger partial charge in [0.25, 0.3) is 5.91 Å². The minimum absolute atomic E-state index is 0.0408. The van der Waals surface area contributed by atoms with Gasteiger partial charge in [0.1, 0.15) is 5.82 Å². The fourth-order valence-electron chi connectivity index (χ4n) is 2.36. The molecule has 0 saturated heterocycles. The molecule has 1 amide bonds. The third-order valence-corrected chi connectivity index (χ3v) is 6.66. The first-order chi connectivity index (χ1) is 14.1. The third-order valence-electron chi connectivity index (χ3n) is 3.97. The summed E-state index contributed by atoms with van der Waals surface area (Å²) in [5.41, 5.74) is 0.290. The lowest BCUT2D eigenvalue weighted by atomic mass is 10.3. The second-order valence-corrected chi connectivity index (χ2v) is 9.02. The normalized spacial score (nSPS) is 11.4. The van der Waals surface area contributed by atoms with Gasteiger partial charge in [-0.15, -0.1) is 0 Å². The molecule has 2 aromatic rings. The number of ether oxygens (including phenoxy) is 1. The molecule has 30 heavy (non-hydrogen) atoms. The Morgan fingerprint density at radius 1 is 1.13 bits per heavy atom. The Morgan fingerprint density at radius 2 is 1.80 bits per heavy atom. The van der Waals surface area contributed by atoms with Crippen molar-refractivity contribution in [2.75, 3.05) is 25.5 Å². The highest BCUT2D eigenvalue weighted by Crippen LogP contribution is 2.29. The summed E-state index contributed by atoms with van der Waals surface area (Å²) < 4.78 is 43.6. The molecule has 0 heterocycles. The van der Waals surface area contributed by atoms with Gasteiger partial charge < -0.3 is 10.1 Å². The third kappa shape index (κ3) is 6.66. The minimum atomic E-state index is -3.79. The van der Waals surface area contributed by atoms with Gasteiger partial charge in [-0.1, -0.05) is 29.3 Å². The van der Waals surface area contributed by atoms with Crippen molar-refractivity contribution in [1.82, 2.24) is 4.31 Å². The molecule has 0 fully saturated rings. The Labute approximate surface area is 183 Å². The van der Waals surface area contributed by atoms with Crippen LogP contribution in [0.15, 0.2) is 47.4 Å². The van der Waals surface area contributed by atoms with Crippen molar-refractivity contribution in [3.8, 4) is 0 Å². The van der Waals surface area contributed by atoms with Gasteiger partial charge in [0.2, 0.25) is 10.0 Å². The second-order valence-electron chi connectivity index (χ2n) is 6.19. The average molecular weight is 477 g/mol. The highest BCUT2D eigenvalue weighted by Gasteiger charge is 2.21. The molecular formula is C19H19Cl2FN2O5S. The maximum Gasteiger partial charge on any atom is 0.306 e. The van der Waals surface area contributed by atoms with E-state index in [-0.39, 0.29) is 40.0 Å². The van der Waals surface area contributed by atoms with Gasteiger partial charge in [-0.25, -0.2) is 17.1 Å². The van der Waals surface area contributed by atoms with E-state index in [4.69, 9.17) is 27.9 Å². The van der Waals surface area contributed by atoms with Crippen molar-refractivity contribution >= 4 is 50.8 Å². The Hall–Kier alpha value is -2.20. The van der Waals surface area contributed by atoms with Crippen LogP contribution in [0.1, 0.15) is 12.8 Å². The monoisotopic (exact) mass is 476 g/mol. The van der Waals surface area contributed by atoms with Crippen molar-refractivity contribution in [3.63, 3.8) is 0 Å². The molecule has 0 aliphatic heterocycles. The molecule has 2 rings (SSSR count). The zero-order chi connectivity index (χ0) is 22.3. The van der Waals surface area contributed by atoms with Crippen molar-refractivity contribution in [2.45, 2.75) is 17.7 Å². The van der Waals surface area contributed by atoms with Gasteiger partial charge in [0.15, 0.2) is 6.61 Å². The number of nitrogens with zero attached hydrogens (tertiary/aromatic N) is 1. The summed E-state index contributed by atoms with van der Waals surface area (Å²) in [6.07, 6.45) is 0.0893. The van der Waals surface area contributed by atoms with Gasteiger partial charge >= 0.3 is 5.97 Å². The zero-order valence-electron chi connectivity index (χ0n) is 15.9. The Balaban J connectivity index is 1.76. The highest BCUT2D eigenvalue weighted by molar-refractivity contribution is 7.89. The maximum absolute atomic E-state index is 13.0. The fourth-order valence-corrected chi connectivity index (χ4v) is 3.91. The minimum Gasteiger partial charge on any atom is -0.456 e. The summed E-state index contributed by atoms with van der Waals surface area (Å²) in [6.45, 7) is -0.482. The maximum atomic E-state index is 13.0. The van der Waals surface area contributed by atoms with E-state index in [1.165, 1.54) is 19.2 Å². The smallest absolute Gasteiger partial charge is 0.306 e. The molecule has 0 saturated carbocycles. The summed E-state index contributed by atoms with van der Waals surface area (Å²) in [7, 11) is -2.44. The molecule has 0 aromatic heterocycles. The number of halogens is 3. The number of amides is 1. The van der Waals surface area contributed by atoms with E-state index >= 15 is 0 Å². The standard InChI is InChI=1S/C19H19Cl2FN2O5S/c1-24(30(27,28)14-9-7-13(22)8-10-14)11-3-6-18(26)29-12-17(25)23-16-5-2-4-15(20)19(16)21/h2,4-5,7-10H,3,6,11-12H2,1H3,(H,23,25). The Morgan fingerprint density at radius 3 is 2.47 bits per heavy atom. The molecule has 0 aliphatic carbocycles. The number of sulfonamides is 1. The van der Waals surface area contributed by atoms with E-state index in [0.29, 0.717) is 0 Å². The predicted octanol–water partition coefficient (Wildman–Crippen LogP) is 3.72. The molecule has 11 heteroatoms. The van der Waals surface area contributed by atoms with Crippen molar-refractivity contribution in [3.05, 3.63) is 58.3 Å². The van der Waals surface area contributed by atoms with E-state index < -0.39 is 34.3 Å². The Bertz CT molecular complexity index is 1020. The average Bonchev–Trinajstić information content (AvgIpc) is 2.70. The SMILES string of the molecule is CN(CCCC(=O)OCC(=O)Nc1cccc(Cl)c1Cl)S(=O)(=O)c1ccc(F)cc1. The molecule has 0 aliphatic rings. The van der Waals surface area contributed by atoms with Crippen LogP contribution in [0.25, 0.3) is 0 Å². The summed E-state index contributed by atoms with van der Waals surface area (Å²) >= 11 is 11.8. The van der Waals surface area contributed by atoms with Crippen LogP contribution in [0.2, 0.25) is 10.0 Å². The molecule has 0 unspecified atom stereocenters. The quantitative estimate of drug-likeness (QED) is 0.556. The van der Waals surface area contributed by atoms with Gasteiger partial charge in [0, 0.05) is 20.0 Å². The molecule has 0 radical (unpaired) electrons. The fraction of sp³-hybridized carbons (Fsp3) is 0.263. The number of hydrogen-bond acceptors (Lipinski definition) is 5. The van der Waals surface area contributed by atoms with Crippen LogP contribution in [-0.4, -0.2) is 44.8 Å². The zero-order valence-corrected chi connectivity index (χ0v) is 18.2. The lowest BCUT2D eigenvalue weighted by Gasteiger charge is -2.17. The lowest BCUT2D eigenvalue weighted by molar-refractivity contribution is -0.147. The first kappa shape index (κ1) is 24.1. The number of esters is 1. The highest BCUT2D eigenvalue weighted by atomic mass is 35.5. The van der Waals surface area contributed by atoms with Crippen LogP contribution >= 0.6 is 23.2 Å². The van der Waals surface area contributed by atoms with Crippen LogP contribution in [0, 0.1) is 5.82 Å². The molecule has 1 N–H and O–H groups in total. The Kier molecular flexibility index (Phi) is 8.60. The first-order valence-electron chi connectivity index (χ1n) is 8.72. The lowest BCUT2D eigenvalue weighted by Crippen LogP contribution is -2.28. The van der Waals surface area contributed by atoms with Crippen LogP contribution < -0.4 is 5.32 Å². The largest absolute Gasteiger partial charge is 0.456 e. The summed E-state index contributed by atoms with van der Waals surface area (Å²) in [5.74, 6) is -1.79. The summed E-state index contributed by atoms with van der Waals surface area (Å²) in [4.78, 5) is 23.6. The van der Waals surface area contributed by atoms with Gasteiger partial charge in [0.05, 0.1) is 20.6 Å². The van der Waals surface area contributed by atoms with Crippen LogP contribution in [-0.2, 0) is 24.3 Å². The molecule has 0 spiro atoms. The molecular weight excluding hydrogens is 458 g/mol. The van der Waals surface area contributed by atoms with E-state index in [0.717, 1.165) is 16.4 Å². The van der Waals surface area contributed by atoms with Crippen molar-refractivity contribution in [2.24, 2.45) is 0 Å². The van der Waals surface area contributed by atoms with E-state index in [9.17, 15) is 22.4 Å². The second kappa shape index (κ2) is 10.7.